The van der Waals surface area contributed by atoms with E-state index >= 15 is 0 Å². The molecule has 0 spiro atoms. The number of alkyl halides is 1. The molecule has 3 unspecified atom stereocenters. The molecule has 3 amide bonds. The van der Waals surface area contributed by atoms with Crippen molar-refractivity contribution in [1.29, 1.82) is 0 Å². The summed E-state index contributed by atoms with van der Waals surface area (Å²) >= 11 is 9.91. The highest BCUT2D eigenvalue weighted by atomic mass is 35.5. The summed E-state index contributed by atoms with van der Waals surface area (Å²) in [6.45, 7) is 1.92. The molecule has 2 aliphatic carbocycles. The summed E-state index contributed by atoms with van der Waals surface area (Å²) < 4.78 is 6.15. The lowest BCUT2D eigenvalue weighted by Crippen LogP contribution is -2.50. The zero-order valence-electron chi connectivity index (χ0n) is 17.9. The van der Waals surface area contributed by atoms with Crippen molar-refractivity contribution in [2.75, 3.05) is 26.4 Å². The van der Waals surface area contributed by atoms with Crippen molar-refractivity contribution < 1.29 is 14.3 Å². The van der Waals surface area contributed by atoms with Crippen molar-refractivity contribution in [3.8, 4) is 0 Å². The summed E-state index contributed by atoms with van der Waals surface area (Å²) in [5, 5.41) is 8.91. The fourth-order valence-electron chi connectivity index (χ4n) is 4.53. The number of thioether (sulfide) groups is 2. The van der Waals surface area contributed by atoms with Crippen molar-refractivity contribution in [2.45, 2.75) is 60.4 Å². The fraction of sp³-hybridized carbons (Fsp3) is 0.714. The predicted octanol–water partition coefficient (Wildman–Crippen LogP) is 2.83. The Morgan fingerprint density at radius 3 is 2.94 bits per heavy atom. The van der Waals surface area contributed by atoms with E-state index in [0.29, 0.717) is 11.7 Å². The molecule has 1 fully saturated rings. The lowest BCUT2D eigenvalue weighted by molar-refractivity contribution is -0.125. The third-order valence-electron chi connectivity index (χ3n) is 6.30. The molecular formula is C21H31ClN4O3S2. The van der Waals surface area contributed by atoms with Gasteiger partial charge in [0.05, 0.1) is 23.5 Å². The number of nitrogens with zero attached hydrogens (tertiary/aromatic N) is 1. The Balaban J connectivity index is 1.24. The Bertz CT molecular complexity index is 765. The largest absolute Gasteiger partial charge is 0.370 e. The van der Waals surface area contributed by atoms with E-state index in [1.54, 1.807) is 11.8 Å². The third kappa shape index (κ3) is 5.93. The Morgan fingerprint density at radius 1 is 1.35 bits per heavy atom. The van der Waals surface area contributed by atoms with Crippen molar-refractivity contribution in [3.63, 3.8) is 0 Å². The molecule has 0 radical (unpaired) electrons. The van der Waals surface area contributed by atoms with Crippen molar-refractivity contribution >= 4 is 47.1 Å². The number of carbonyl (C=O) groups is 2. The molecule has 2 aliphatic heterocycles. The van der Waals surface area contributed by atoms with E-state index in [4.69, 9.17) is 16.3 Å². The molecule has 4 aliphatic rings. The van der Waals surface area contributed by atoms with Gasteiger partial charge in [-0.3, -0.25) is 10.1 Å². The van der Waals surface area contributed by atoms with Gasteiger partial charge in [-0.25, -0.2) is 4.79 Å². The second-order valence-corrected chi connectivity index (χ2v) is 11.5. The van der Waals surface area contributed by atoms with Crippen LogP contribution >= 0.6 is 35.1 Å². The molecular weight excluding hydrogens is 456 g/mol. The maximum absolute atomic E-state index is 12.8. The average molecular weight is 487 g/mol. The highest BCUT2D eigenvalue weighted by Gasteiger charge is 2.35. The number of halogens is 1. The number of imide groups is 1. The first-order valence-electron chi connectivity index (χ1n) is 10.9. The zero-order valence-corrected chi connectivity index (χ0v) is 20.3. The molecule has 0 aromatic rings. The molecule has 10 heteroatoms. The van der Waals surface area contributed by atoms with Gasteiger partial charge < -0.3 is 20.3 Å². The van der Waals surface area contributed by atoms with Gasteiger partial charge in [0.15, 0.2) is 5.50 Å². The van der Waals surface area contributed by atoms with Crippen LogP contribution in [0.1, 0.15) is 32.1 Å². The number of amides is 3. The lowest BCUT2D eigenvalue weighted by Gasteiger charge is -2.29. The van der Waals surface area contributed by atoms with Gasteiger partial charge in [0.25, 0.3) is 0 Å². The Labute approximate surface area is 197 Å². The Morgan fingerprint density at radius 2 is 2.19 bits per heavy atom. The number of carbonyl (C=O) groups excluding carboxylic acids is 2. The van der Waals surface area contributed by atoms with Crippen LogP contribution in [-0.4, -0.2) is 71.6 Å². The molecule has 0 bridgehead atoms. The van der Waals surface area contributed by atoms with Gasteiger partial charge in [-0.2, -0.15) is 11.8 Å². The first-order chi connectivity index (χ1) is 14.9. The van der Waals surface area contributed by atoms with Crippen LogP contribution in [0.15, 0.2) is 22.8 Å². The number of allylic oxidation sites excluding steroid dienone is 3. The predicted molar refractivity (Wildman–Crippen MR) is 127 cm³/mol. The summed E-state index contributed by atoms with van der Waals surface area (Å²) in [6, 6.07) is -0.496. The first-order valence-corrected chi connectivity index (χ1v) is 13.5. The third-order valence-corrected chi connectivity index (χ3v) is 8.98. The minimum atomic E-state index is -0.501. The van der Waals surface area contributed by atoms with Crippen LogP contribution in [0, 0.1) is 5.92 Å². The highest BCUT2D eigenvalue weighted by molar-refractivity contribution is 8.04. The topological polar surface area (TPSA) is 82.7 Å². The molecule has 4 rings (SSSR count). The van der Waals surface area contributed by atoms with E-state index in [0.717, 1.165) is 38.8 Å². The van der Waals surface area contributed by atoms with Crippen LogP contribution in [0.3, 0.4) is 0 Å². The zero-order chi connectivity index (χ0) is 22.0. The van der Waals surface area contributed by atoms with E-state index in [2.05, 4.69) is 34.2 Å². The molecule has 0 saturated carbocycles. The molecule has 31 heavy (non-hydrogen) atoms. The summed E-state index contributed by atoms with van der Waals surface area (Å²) in [7, 11) is 2.08. The quantitative estimate of drug-likeness (QED) is 0.407. The number of hydrogen-bond acceptors (Lipinski definition) is 7. The summed E-state index contributed by atoms with van der Waals surface area (Å²) in [5.41, 5.74) is 0.981. The molecule has 7 nitrogen and oxygen atoms in total. The van der Waals surface area contributed by atoms with Crippen molar-refractivity contribution in [1.82, 2.24) is 20.9 Å². The molecule has 1 saturated heterocycles. The number of hydrogen-bond donors (Lipinski definition) is 3. The molecule has 6 atom stereocenters. The number of rotatable bonds is 5. The van der Waals surface area contributed by atoms with Crippen LogP contribution in [0.2, 0.25) is 0 Å². The van der Waals surface area contributed by atoms with E-state index in [-0.39, 0.29) is 23.6 Å². The van der Waals surface area contributed by atoms with Gasteiger partial charge in [-0.05, 0) is 45.4 Å². The second kappa shape index (κ2) is 10.4. The van der Waals surface area contributed by atoms with Crippen molar-refractivity contribution in [2.24, 2.45) is 5.92 Å². The molecule has 0 aromatic carbocycles. The molecule has 2 heterocycles. The van der Waals surface area contributed by atoms with E-state index in [9.17, 15) is 9.59 Å². The number of nitrogens with one attached hydrogen (secondary N) is 3. The number of likely N-dealkylation sites (N-methyl/N-ethyl adjacent to an activating group) is 1. The Hall–Kier alpha value is -0.870. The first kappa shape index (κ1) is 23.3. The SMILES string of the molecule is CSC1CCC2=C(C1)S[C@@H](NC(=O)NC(=O)C1C[C@@H](OC3CCN(C)C3)C=C[C@H]1Cl)N2. The van der Waals surface area contributed by atoms with Crippen LogP contribution in [-0.2, 0) is 9.53 Å². The second-order valence-electron chi connectivity index (χ2n) is 8.63. The van der Waals surface area contributed by atoms with Gasteiger partial charge in [0, 0.05) is 28.9 Å². The van der Waals surface area contributed by atoms with E-state index < -0.39 is 17.3 Å². The fourth-order valence-corrected chi connectivity index (χ4v) is 6.88. The normalized spacial score (nSPS) is 35.6. The van der Waals surface area contributed by atoms with Crippen LogP contribution in [0.5, 0.6) is 0 Å². The maximum Gasteiger partial charge on any atom is 0.323 e. The number of likely N-dealkylation sites (tertiary alicyclic amines) is 1. The van der Waals surface area contributed by atoms with Crippen LogP contribution < -0.4 is 16.0 Å². The van der Waals surface area contributed by atoms with Gasteiger partial charge in [-0.1, -0.05) is 23.9 Å². The van der Waals surface area contributed by atoms with Gasteiger partial charge in [0.1, 0.15) is 0 Å². The number of ether oxygens (including phenoxy) is 1. The van der Waals surface area contributed by atoms with E-state index in [1.165, 1.54) is 10.6 Å². The minimum absolute atomic E-state index is 0.155. The molecule has 172 valence electrons. The van der Waals surface area contributed by atoms with Gasteiger partial charge >= 0.3 is 6.03 Å². The standard InChI is InChI=1S/C21H31ClN4O3S2/c1-26-8-7-13(11-26)29-12-3-5-16(22)15(9-12)19(27)24-20(28)25-21-23-17-6-4-14(30-2)10-18(17)31-21/h3,5,12-16,21,23H,4,6-11H2,1-2H3,(H2,24,25,27,28)/t12-,13?,14?,15?,16+,21+/m0/s1. The minimum Gasteiger partial charge on any atom is -0.370 e. The monoisotopic (exact) mass is 486 g/mol. The lowest BCUT2D eigenvalue weighted by atomic mass is 9.91. The Kier molecular flexibility index (Phi) is 7.80. The summed E-state index contributed by atoms with van der Waals surface area (Å²) in [5.74, 6) is -0.860. The maximum atomic E-state index is 12.8. The van der Waals surface area contributed by atoms with E-state index in [1.807, 2.05) is 23.9 Å². The van der Waals surface area contributed by atoms with Gasteiger partial charge in [0.2, 0.25) is 5.91 Å². The highest BCUT2D eigenvalue weighted by Crippen LogP contribution is 2.41. The molecule has 0 aromatic heterocycles. The van der Waals surface area contributed by atoms with Crippen LogP contribution in [0.25, 0.3) is 0 Å². The summed E-state index contributed by atoms with van der Waals surface area (Å²) in [4.78, 5) is 28.8. The smallest absolute Gasteiger partial charge is 0.323 e. The van der Waals surface area contributed by atoms with Crippen LogP contribution in [0.4, 0.5) is 4.79 Å². The molecule has 3 N–H and O–H groups in total. The number of urea groups is 1. The average Bonchev–Trinajstić information content (AvgIpc) is 3.33. The van der Waals surface area contributed by atoms with Crippen molar-refractivity contribution in [3.05, 3.63) is 22.8 Å². The summed E-state index contributed by atoms with van der Waals surface area (Å²) in [6.07, 6.45) is 10.6. The van der Waals surface area contributed by atoms with Gasteiger partial charge in [-0.15, -0.1) is 11.6 Å².